The van der Waals surface area contributed by atoms with E-state index in [1.54, 1.807) is 6.20 Å². The number of nitrogens with zero attached hydrogens (tertiary/aromatic N) is 2. The van der Waals surface area contributed by atoms with E-state index < -0.39 is 0 Å². The third-order valence-electron chi connectivity index (χ3n) is 5.10. The van der Waals surface area contributed by atoms with Gasteiger partial charge in [0.05, 0.1) is 0 Å². The highest BCUT2D eigenvalue weighted by Gasteiger charge is 2.18. The summed E-state index contributed by atoms with van der Waals surface area (Å²) in [5, 5.41) is 3.06. The fourth-order valence-electron chi connectivity index (χ4n) is 3.39. The van der Waals surface area contributed by atoms with E-state index in [2.05, 4.69) is 35.1 Å². The highest BCUT2D eigenvalue weighted by atomic mass is 16.1. The van der Waals surface area contributed by atoms with Gasteiger partial charge in [-0.2, -0.15) is 0 Å². The minimum atomic E-state index is -0.142. The fraction of sp³-hybridized carbons (Fsp3) is 0.429. The number of rotatable bonds is 4. The third-order valence-corrected chi connectivity index (χ3v) is 5.10. The van der Waals surface area contributed by atoms with E-state index in [1.165, 1.54) is 12.8 Å². The molecule has 1 amide bonds. The molecule has 0 bridgehead atoms. The van der Waals surface area contributed by atoms with Crippen molar-refractivity contribution in [2.75, 3.05) is 23.3 Å². The maximum absolute atomic E-state index is 12.7. The molecule has 1 saturated heterocycles. The standard InChI is InChI=1S/C21H27N3O/c1-4-17-7-5-6-16(3)20(17)23-21(25)19-14-18(8-11-22-19)24-12-9-15(2)10-13-24/h5-8,11,14-15H,4,9-10,12-13H2,1-3H3,(H,23,25). The van der Waals surface area contributed by atoms with E-state index in [0.717, 1.165) is 47.9 Å². The normalized spacial score (nSPS) is 15.2. The number of amides is 1. The van der Waals surface area contributed by atoms with Crippen LogP contribution in [-0.2, 0) is 6.42 Å². The van der Waals surface area contributed by atoms with Gasteiger partial charge in [0, 0.05) is 30.7 Å². The van der Waals surface area contributed by atoms with Gasteiger partial charge >= 0.3 is 0 Å². The van der Waals surface area contributed by atoms with Crippen LogP contribution in [0, 0.1) is 12.8 Å². The van der Waals surface area contributed by atoms with Gasteiger partial charge < -0.3 is 10.2 Å². The number of benzene rings is 1. The molecule has 1 aromatic heterocycles. The summed E-state index contributed by atoms with van der Waals surface area (Å²) < 4.78 is 0. The number of hydrogen-bond donors (Lipinski definition) is 1. The van der Waals surface area contributed by atoms with Gasteiger partial charge in [-0.1, -0.05) is 32.0 Å². The molecule has 0 spiro atoms. The maximum atomic E-state index is 12.7. The summed E-state index contributed by atoms with van der Waals surface area (Å²) in [5.74, 6) is 0.644. The summed E-state index contributed by atoms with van der Waals surface area (Å²) in [6.45, 7) is 8.51. The quantitative estimate of drug-likeness (QED) is 0.897. The summed E-state index contributed by atoms with van der Waals surface area (Å²) in [6, 6.07) is 10.0. The number of para-hydroxylation sites is 1. The minimum absolute atomic E-state index is 0.142. The van der Waals surface area contributed by atoms with Crippen LogP contribution in [-0.4, -0.2) is 24.0 Å². The Morgan fingerprint density at radius 3 is 2.76 bits per heavy atom. The van der Waals surface area contributed by atoms with Crippen molar-refractivity contribution in [3.05, 3.63) is 53.3 Å². The summed E-state index contributed by atoms with van der Waals surface area (Å²) in [4.78, 5) is 19.4. The molecule has 0 saturated carbocycles. The molecule has 4 heteroatoms. The van der Waals surface area contributed by atoms with Gasteiger partial charge in [-0.05, 0) is 55.4 Å². The Hall–Kier alpha value is -2.36. The maximum Gasteiger partial charge on any atom is 0.274 e. The largest absolute Gasteiger partial charge is 0.371 e. The van der Waals surface area contributed by atoms with Crippen molar-refractivity contribution in [1.29, 1.82) is 0 Å². The van der Waals surface area contributed by atoms with Crippen molar-refractivity contribution < 1.29 is 4.79 Å². The first-order valence-electron chi connectivity index (χ1n) is 9.19. The Bertz CT molecular complexity index is 749. The summed E-state index contributed by atoms with van der Waals surface area (Å²) in [5.41, 5.74) is 4.70. The number of carbonyl (C=O) groups is 1. The van der Waals surface area contributed by atoms with Crippen LogP contribution in [0.5, 0.6) is 0 Å². The van der Waals surface area contributed by atoms with Crippen molar-refractivity contribution in [3.63, 3.8) is 0 Å². The van der Waals surface area contributed by atoms with E-state index in [9.17, 15) is 4.79 Å². The topological polar surface area (TPSA) is 45.2 Å². The predicted octanol–water partition coefficient (Wildman–Crippen LogP) is 4.44. The lowest BCUT2D eigenvalue weighted by atomic mass is 9.99. The summed E-state index contributed by atoms with van der Waals surface area (Å²) in [7, 11) is 0. The summed E-state index contributed by atoms with van der Waals surface area (Å²) >= 11 is 0. The zero-order valence-electron chi connectivity index (χ0n) is 15.4. The van der Waals surface area contributed by atoms with E-state index in [0.29, 0.717) is 5.69 Å². The predicted molar refractivity (Wildman–Crippen MR) is 103 cm³/mol. The van der Waals surface area contributed by atoms with Gasteiger partial charge in [0.1, 0.15) is 5.69 Å². The number of pyridine rings is 1. The van der Waals surface area contributed by atoms with Gasteiger partial charge in [0.25, 0.3) is 5.91 Å². The molecule has 1 aliphatic rings. The van der Waals surface area contributed by atoms with E-state index in [-0.39, 0.29) is 5.91 Å². The Morgan fingerprint density at radius 1 is 1.28 bits per heavy atom. The van der Waals surface area contributed by atoms with Crippen LogP contribution in [0.4, 0.5) is 11.4 Å². The van der Waals surface area contributed by atoms with Crippen molar-refractivity contribution in [2.24, 2.45) is 5.92 Å². The highest BCUT2D eigenvalue weighted by molar-refractivity contribution is 6.04. The fourth-order valence-corrected chi connectivity index (χ4v) is 3.39. The molecule has 1 aliphatic heterocycles. The molecular weight excluding hydrogens is 310 g/mol. The third kappa shape index (κ3) is 4.01. The highest BCUT2D eigenvalue weighted by Crippen LogP contribution is 2.24. The van der Waals surface area contributed by atoms with Crippen molar-refractivity contribution in [3.8, 4) is 0 Å². The molecule has 1 fully saturated rings. The molecule has 4 nitrogen and oxygen atoms in total. The van der Waals surface area contributed by atoms with E-state index in [4.69, 9.17) is 0 Å². The number of nitrogens with one attached hydrogen (secondary N) is 1. The van der Waals surface area contributed by atoms with Gasteiger partial charge in [-0.25, -0.2) is 0 Å². The van der Waals surface area contributed by atoms with Crippen LogP contribution in [0.2, 0.25) is 0 Å². The molecule has 0 atom stereocenters. The van der Waals surface area contributed by atoms with Gasteiger partial charge in [-0.15, -0.1) is 0 Å². The average Bonchev–Trinajstić information content (AvgIpc) is 2.64. The first-order chi connectivity index (χ1) is 12.1. The zero-order valence-corrected chi connectivity index (χ0v) is 15.4. The van der Waals surface area contributed by atoms with Gasteiger partial charge in [0.2, 0.25) is 0 Å². The van der Waals surface area contributed by atoms with Gasteiger partial charge in [0.15, 0.2) is 0 Å². The molecule has 2 heterocycles. The first kappa shape index (κ1) is 17.5. The van der Waals surface area contributed by atoms with Crippen LogP contribution in [0.15, 0.2) is 36.5 Å². The minimum Gasteiger partial charge on any atom is -0.371 e. The molecule has 2 aromatic rings. The Balaban J connectivity index is 1.78. The lowest BCUT2D eigenvalue weighted by Crippen LogP contribution is -2.33. The number of hydrogen-bond acceptors (Lipinski definition) is 3. The Morgan fingerprint density at radius 2 is 2.04 bits per heavy atom. The lowest BCUT2D eigenvalue weighted by molar-refractivity contribution is 0.102. The lowest BCUT2D eigenvalue weighted by Gasteiger charge is -2.32. The second-order valence-electron chi connectivity index (χ2n) is 6.99. The zero-order chi connectivity index (χ0) is 17.8. The first-order valence-corrected chi connectivity index (χ1v) is 9.19. The molecule has 0 radical (unpaired) electrons. The summed E-state index contributed by atoms with van der Waals surface area (Å²) in [6.07, 6.45) is 5.03. The number of aryl methyl sites for hydroxylation is 2. The van der Waals surface area contributed by atoms with Crippen LogP contribution in [0.25, 0.3) is 0 Å². The number of aromatic nitrogens is 1. The van der Waals surface area contributed by atoms with E-state index in [1.807, 2.05) is 31.2 Å². The molecular formula is C21H27N3O. The van der Waals surface area contributed by atoms with E-state index >= 15 is 0 Å². The van der Waals surface area contributed by atoms with Crippen molar-refractivity contribution in [1.82, 2.24) is 4.98 Å². The molecule has 25 heavy (non-hydrogen) atoms. The molecule has 132 valence electrons. The molecule has 0 aliphatic carbocycles. The van der Waals surface area contributed by atoms with Crippen molar-refractivity contribution in [2.45, 2.75) is 40.0 Å². The van der Waals surface area contributed by atoms with Crippen molar-refractivity contribution >= 4 is 17.3 Å². The number of carbonyl (C=O) groups excluding carboxylic acids is 1. The second kappa shape index (κ2) is 7.68. The van der Waals surface area contributed by atoms with Gasteiger partial charge in [-0.3, -0.25) is 9.78 Å². The molecule has 3 rings (SSSR count). The van der Waals surface area contributed by atoms with Crippen LogP contribution < -0.4 is 10.2 Å². The number of anilines is 2. The van der Waals surface area contributed by atoms with Crippen LogP contribution in [0.3, 0.4) is 0 Å². The molecule has 1 N–H and O–H groups in total. The second-order valence-corrected chi connectivity index (χ2v) is 6.99. The smallest absolute Gasteiger partial charge is 0.274 e. The van der Waals surface area contributed by atoms with Crippen LogP contribution >= 0.6 is 0 Å². The number of piperidine rings is 1. The Kier molecular flexibility index (Phi) is 5.37. The molecule has 1 aromatic carbocycles. The SMILES string of the molecule is CCc1cccc(C)c1NC(=O)c1cc(N2CCC(C)CC2)ccn1. The molecule has 0 unspecified atom stereocenters. The Labute approximate surface area is 150 Å². The van der Waals surface area contributed by atoms with Crippen LogP contribution in [0.1, 0.15) is 48.3 Å². The monoisotopic (exact) mass is 337 g/mol. The average molecular weight is 337 g/mol.